The van der Waals surface area contributed by atoms with Crippen molar-refractivity contribution in [3.8, 4) is 0 Å². The van der Waals surface area contributed by atoms with Crippen molar-refractivity contribution >= 4 is 16.3 Å². The first-order chi connectivity index (χ1) is 11.7. The largest absolute Gasteiger partial charge is 0.418 e. The molecule has 1 aliphatic heterocycles. The fraction of sp³-hybridized carbons (Fsp3) is 0.714. The van der Waals surface area contributed by atoms with Gasteiger partial charge in [-0.1, -0.05) is 5.16 Å². The van der Waals surface area contributed by atoms with E-state index in [0.29, 0.717) is 30.0 Å². The molecule has 0 unspecified atom stereocenters. The van der Waals surface area contributed by atoms with Crippen LogP contribution >= 0.6 is 0 Å². The fourth-order valence-corrected chi connectivity index (χ4v) is 3.68. The zero-order valence-corrected chi connectivity index (χ0v) is 14.4. The highest BCUT2D eigenvalue weighted by molar-refractivity contribution is 7.80. The molecule has 1 saturated heterocycles. The molecule has 1 saturated carbocycles. The molecule has 2 aliphatic rings. The van der Waals surface area contributed by atoms with Crippen molar-refractivity contribution in [2.75, 3.05) is 0 Å². The van der Waals surface area contributed by atoms with Gasteiger partial charge < -0.3 is 16.0 Å². The molecule has 1 aliphatic carbocycles. The molecule has 140 valence electrons. The van der Waals surface area contributed by atoms with Crippen molar-refractivity contribution in [1.82, 2.24) is 10.2 Å². The Labute approximate surface area is 145 Å². The standard InChI is InChI=1S/C14H22N4O6S/c15-9-5-8(6-9)13-7-12(17-23-13)11(16)3-1-10-2-4-14(19)18(10)24-25(20,21)22/h7-11H,1-6,15-16H2,(H,20,21,22)/t8-,9+,10-,11+/m1/s1. The highest BCUT2D eigenvalue weighted by Gasteiger charge is 2.36. The maximum atomic E-state index is 11.7. The number of rotatable bonds is 7. The Morgan fingerprint density at radius 2 is 2.20 bits per heavy atom. The van der Waals surface area contributed by atoms with Gasteiger partial charge in [0.25, 0.3) is 0 Å². The lowest BCUT2D eigenvalue weighted by atomic mass is 9.79. The van der Waals surface area contributed by atoms with Gasteiger partial charge in [0.15, 0.2) is 0 Å². The van der Waals surface area contributed by atoms with Crippen LogP contribution in [0, 0.1) is 0 Å². The molecular weight excluding hydrogens is 352 g/mol. The summed E-state index contributed by atoms with van der Waals surface area (Å²) in [5, 5.41) is 4.71. The van der Waals surface area contributed by atoms with Crippen molar-refractivity contribution in [1.29, 1.82) is 0 Å². The Hall–Kier alpha value is -1.53. The summed E-state index contributed by atoms with van der Waals surface area (Å²) in [4.78, 5) is 11.7. The highest BCUT2D eigenvalue weighted by Crippen LogP contribution is 2.36. The number of hydroxylamine groups is 2. The molecule has 25 heavy (non-hydrogen) atoms. The molecule has 3 rings (SSSR count). The quantitative estimate of drug-likeness (QED) is 0.573. The van der Waals surface area contributed by atoms with Crippen LogP contribution in [0.4, 0.5) is 0 Å². The molecule has 1 aromatic heterocycles. The number of nitrogens with two attached hydrogens (primary N) is 2. The third kappa shape index (κ3) is 4.36. The first kappa shape index (κ1) is 18.3. The van der Waals surface area contributed by atoms with E-state index < -0.39 is 28.4 Å². The Morgan fingerprint density at radius 3 is 2.84 bits per heavy atom. The van der Waals surface area contributed by atoms with Crippen LogP contribution in [0.25, 0.3) is 0 Å². The van der Waals surface area contributed by atoms with Gasteiger partial charge in [-0.25, -0.2) is 0 Å². The number of amides is 1. The number of carbonyl (C=O) groups excluding carboxylic acids is 1. The second-order valence-electron chi connectivity index (χ2n) is 6.68. The molecule has 1 amide bonds. The first-order valence-electron chi connectivity index (χ1n) is 8.19. The Bertz CT molecular complexity index is 729. The maximum Gasteiger partial charge on any atom is 0.418 e. The lowest BCUT2D eigenvalue weighted by molar-refractivity contribution is -0.157. The van der Waals surface area contributed by atoms with Gasteiger partial charge in [0.2, 0.25) is 5.91 Å². The minimum Gasteiger partial charge on any atom is -0.361 e. The van der Waals surface area contributed by atoms with Gasteiger partial charge in [0.1, 0.15) is 11.5 Å². The van der Waals surface area contributed by atoms with E-state index in [0.717, 1.165) is 18.6 Å². The summed E-state index contributed by atoms with van der Waals surface area (Å²) >= 11 is 0. The molecule has 2 heterocycles. The second-order valence-corrected chi connectivity index (χ2v) is 7.69. The van der Waals surface area contributed by atoms with Crippen LogP contribution in [0.15, 0.2) is 10.6 Å². The summed E-state index contributed by atoms with van der Waals surface area (Å²) < 4.78 is 40.1. The van der Waals surface area contributed by atoms with Crippen molar-refractivity contribution in [2.24, 2.45) is 11.5 Å². The van der Waals surface area contributed by atoms with Crippen molar-refractivity contribution < 1.29 is 26.6 Å². The summed E-state index contributed by atoms with van der Waals surface area (Å²) in [5.41, 5.74) is 12.5. The molecule has 0 bridgehead atoms. The summed E-state index contributed by atoms with van der Waals surface area (Å²) in [7, 11) is -4.74. The van der Waals surface area contributed by atoms with E-state index in [1.165, 1.54) is 0 Å². The van der Waals surface area contributed by atoms with E-state index in [1.807, 2.05) is 6.07 Å². The van der Waals surface area contributed by atoms with Crippen LogP contribution in [0.2, 0.25) is 0 Å². The van der Waals surface area contributed by atoms with Gasteiger partial charge in [-0.2, -0.15) is 13.5 Å². The van der Waals surface area contributed by atoms with Crippen LogP contribution in [-0.2, 0) is 19.5 Å². The van der Waals surface area contributed by atoms with Gasteiger partial charge in [0, 0.05) is 24.4 Å². The van der Waals surface area contributed by atoms with E-state index in [9.17, 15) is 13.2 Å². The molecule has 2 atom stereocenters. The minimum absolute atomic E-state index is 0.158. The monoisotopic (exact) mass is 374 g/mol. The molecule has 5 N–H and O–H groups in total. The van der Waals surface area contributed by atoms with Crippen LogP contribution in [-0.4, -0.2) is 41.2 Å². The third-order valence-electron chi connectivity index (χ3n) is 4.76. The summed E-state index contributed by atoms with van der Waals surface area (Å²) in [6.07, 6.45) is 3.21. The van der Waals surface area contributed by atoms with Gasteiger partial charge >= 0.3 is 10.4 Å². The average molecular weight is 374 g/mol. The van der Waals surface area contributed by atoms with Gasteiger partial charge in [-0.05, 0) is 32.1 Å². The first-order valence-corrected chi connectivity index (χ1v) is 9.56. The Kier molecular flexibility index (Phi) is 5.11. The molecule has 0 aromatic carbocycles. The molecular formula is C14H22N4O6S. The van der Waals surface area contributed by atoms with Crippen LogP contribution < -0.4 is 11.5 Å². The number of nitrogens with zero attached hydrogens (tertiary/aromatic N) is 2. The van der Waals surface area contributed by atoms with Crippen molar-refractivity contribution in [3.05, 3.63) is 17.5 Å². The molecule has 2 fully saturated rings. The number of carbonyl (C=O) groups is 1. The predicted molar refractivity (Wildman–Crippen MR) is 85.1 cm³/mol. The maximum absolute atomic E-state index is 11.7. The Balaban J connectivity index is 1.54. The molecule has 0 spiro atoms. The van der Waals surface area contributed by atoms with Crippen molar-refractivity contribution in [3.63, 3.8) is 0 Å². The molecule has 11 heteroatoms. The van der Waals surface area contributed by atoms with Gasteiger partial charge in [0.05, 0.1) is 12.1 Å². The number of aromatic nitrogens is 1. The number of hydrogen-bond acceptors (Lipinski definition) is 8. The molecule has 10 nitrogen and oxygen atoms in total. The minimum atomic E-state index is -4.74. The lowest BCUT2D eigenvalue weighted by Gasteiger charge is -2.29. The van der Waals surface area contributed by atoms with Crippen LogP contribution in [0.5, 0.6) is 0 Å². The zero-order chi connectivity index (χ0) is 18.2. The molecule has 1 aromatic rings. The van der Waals surface area contributed by atoms with E-state index >= 15 is 0 Å². The Morgan fingerprint density at radius 1 is 1.48 bits per heavy atom. The van der Waals surface area contributed by atoms with E-state index in [2.05, 4.69) is 9.44 Å². The van der Waals surface area contributed by atoms with Crippen molar-refractivity contribution in [2.45, 2.75) is 62.6 Å². The zero-order valence-electron chi connectivity index (χ0n) is 13.6. The SMILES string of the molecule is N[C@@H](CC[C@@H]1CCC(=O)N1OS(=O)(=O)O)c1cc([C@H]2C[C@@H](N)C2)on1. The predicted octanol–water partition coefficient (Wildman–Crippen LogP) is 0.385. The average Bonchev–Trinajstić information content (AvgIpc) is 3.09. The van der Waals surface area contributed by atoms with Crippen LogP contribution in [0.1, 0.15) is 61.9 Å². The topological polar surface area (TPSA) is 162 Å². The second kappa shape index (κ2) is 7.00. The normalized spacial score (nSPS) is 28.2. The van der Waals surface area contributed by atoms with Crippen LogP contribution in [0.3, 0.4) is 0 Å². The summed E-state index contributed by atoms with van der Waals surface area (Å²) in [6, 6.07) is 1.17. The van der Waals surface area contributed by atoms with Gasteiger partial charge in [-0.15, -0.1) is 4.28 Å². The third-order valence-corrected chi connectivity index (χ3v) is 5.11. The number of hydrogen-bond donors (Lipinski definition) is 3. The van der Waals surface area contributed by atoms with Gasteiger partial charge in [-0.3, -0.25) is 9.35 Å². The summed E-state index contributed by atoms with van der Waals surface area (Å²) in [6.45, 7) is 0. The fourth-order valence-electron chi connectivity index (χ4n) is 3.27. The summed E-state index contributed by atoms with van der Waals surface area (Å²) in [5.74, 6) is 0.579. The van der Waals surface area contributed by atoms with E-state index in [-0.39, 0.29) is 18.4 Å². The lowest BCUT2D eigenvalue weighted by Crippen LogP contribution is -2.35. The van der Waals surface area contributed by atoms with E-state index in [1.54, 1.807) is 0 Å². The van der Waals surface area contributed by atoms with E-state index in [4.69, 9.17) is 20.5 Å². The highest BCUT2D eigenvalue weighted by atomic mass is 32.3. The molecule has 0 radical (unpaired) electrons. The smallest absolute Gasteiger partial charge is 0.361 e.